The van der Waals surface area contributed by atoms with Gasteiger partial charge in [-0.25, -0.2) is 4.79 Å². The molecule has 3 amide bonds. The molecule has 0 atom stereocenters. The molecule has 2 saturated heterocycles. The van der Waals surface area contributed by atoms with E-state index in [9.17, 15) is 9.59 Å². The van der Waals surface area contributed by atoms with Gasteiger partial charge in [-0.05, 0) is 38.5 Å². The van der Waals surface area contributed by atoms with Crippen molar-refractivity contribution in [2.45, 2.75) is 57.4 Å². The van der Waals surface area contributed by atoms with E-state index < -0.39 is 0 Å². The number of carbonyl (C=O) groups excluding carboxylic acids is 2. The molecule has 5 heteroatoms. The maximum Gasteiger partial charge on any atom is 0.317 e. The fourth-order valence-electron chi connectivity index (χ4n) is 3.37. The van der Waals surface area contributed by atoms with Crippen molar-refractivity contribution < 1.29 is 9.59 Å². The highest BCUT2D eigenvalue weighted by Crippen LogP contribution is 2.31. The first-order valence-corrected chi connectivity index (χ1v) is 8.58. The van der Waals surface area contributed by atoms with Crippen LogP contribution in [0.15, 0.2) is 0 Å². The Morgan fingerprint density at radius 3 is 1.95 bits per heavy atom. The Kier molecular flexibility index (Phi) is 4.66. The molecule has 3 aliphatic rings. The Morgan fingerprint density at radius 1 is 0.762 bits per heavy atom. The number of rotatable bonds is 2. The van der Waals surface area contributed by atoms with Crippen molar-refractivity contribution in [2.24, 2.45) is 5.92 Å². The summed E-state index contributed by atoms with van der Waals surface area (Å²) in [5.74, 6) is 0.653. The van der Waals surface area contributed by atoms with Crippen molar-refractivity contribution in [1.29, 1.82) is 0 Å². The van der Waals surface area contributed by atoms with Gasteiger partial charge in [-0.2, -0.15) is 0 Å². The SMILES string of the molecule is O=C(NC1CCN(C(=O)C2CC2)CC1)N1CCCCCC1. The first-order valence-electron chi connectivity index (χ1n) is 8.58. The second kappa shape index (κ2) is 6.67. The molecule has 0 aromatic rings. The molecule has 0 aromatic heterocycles. The van der Waals surface area contributed by atoms with E-state index >= 15 is 0 Å². The van der Waals surface area contributed by atoms with Crippen molar-refractivity contribution >= 4 is 11.9 Å². The molecule has 3 fully saturated rings. The number of nitrogens with zero attached hydrogens (tertiary/aromatic N) is 2. The predicted octanol–water partition coefficient (Wildman–Crippen LogP) is 1.97. The minimum Gasteiger partial charge on any atom is -0.342 e. The number of piperidine rings is 1. The highest BCUT2D eigenvalue weighted by Gasteiger charge is 2.35. The van der Waals surface area contributed by atoms with Gasteiger partial charge in [0.15, 0.2) is 0 Å². The topological polar surface area (TPSA) is 52.7 Å². The quantitative estimate of drug-likeness (QED) is 0.846. The predicted molar refractivity (Wildman–Crippen MR) is 80.9 cm³/mol. The fourth-order valence-corrected chi connectivity index (χ4v) is 3.37. The van der Waals surface area contributed by atoms with Crippen molar-refractivity contribution in [3.8, 4) is 0 Å². The van der Waals surface area contributed by atoms with E-state index in [1.54, 1.807) is 0 Å². The van der Waals surface area contributed by atoms with Crippen LogP contribution in [0.1, 0.15) is 51.4 Å². The van der Waals surface area contributed by atoms with Gasteiger partial charge in [-0.15, -0.1) is 0 Å². The number of hydrogen-bond acceptors (Lipinski definition) is 2. The minimum atomic E-state index is 0.101. The molecule has 21 heavy (non-hydrogen) atoms. The molecule has 0 aromatic carbocycles. The van der Waals surface area contributed by atoms with Crippen molar-refractivity contribution in [2.75, 3.05) is 26.2 Å². The molecule has 2 aliphatic heterocycles. The van der Waals surface area contributed by atoms with Gasteiger partial charge in [0.1, 0.15) is 0 Å². The largest absolute Gasteiger partial charge is 0.342 e. The van der Waals surface area contributed by atoms with Crippen LogP contribution in [-0.4, -0.2) is 54.0 Å². The molecule has 0 unspecified atom stereocenters. The number of amides is 3. The third-order valence-electron chi connectivity index (χ3n) is 4.95. The Labute approximate surface area is 127 Å². The van der Waals surface area contributed by atoms with E-state index in [0.29, 0.717) is 11.8 Å². The third-order valence-corrected chi connectivity index (χ3v) is 4.95. The summed E-state index contributed by atoms with van der Waals surface area (Å²) < 4.78 is 0. The van der Waals surface area contributed by atoms with Gasteiger partial charge in [-0.3, -0.25) is 4.79 Å². The van der Waals surface area contributed by atoms with Gasteiger partial charge in [0.2, 0.25) is 5.91 Å². The molecule has 1 N–H and O–H groups in total. The normalized spacial score (nSPS) is 24.6. The van der Waals surface area contributed by atoms with Crippen LogP contribution >= 0.6 is 0 Å². The van der Waals surface area contributed by atoms with E-state index in [-0.39, 0.29) is 12.1 Å². The lowest BCUT2D eigenvalue weighted by Crippen LogP contribution is -2.50. The second-order valence-corrected chi connectivity index (χ2v) is 6.72. The lowest BCUT2D eigenvalue weighted by molar-refractivity contribution is -0.133. The summed E-state index contributed by atoms with van der Waals surface area (Å²) in [4.78, 5) is 28.3. The molecule has 0 bridgehead atoms. The summed E-state index contributed by atoms with van der Waals surface area (Å²) in [6.07, 6.45) is 8.69. The Hall–Kier alpha value is -1.26. The second-order valence-electron chi connectivity index (χ2n) is 6.72. The number of carbonyl (C=O) groups is 2. The van der Waals surface area contributed by atoms with Crippen LogP contribution in [0.25, 0.3) is 0 Å². The monoisotopic (exact) mass is 293 g/mol. The first-order chi connectivity index (χ1) is 10.2. The van der Waals surface area contributed by atoms with E-state index in [0.717, 1.165) is 64.7 Å². The van der Waals surface area contributed by atoms with E-state index in [4.69, 9.17) is 0 Å². The summed E-state index contributed by atoms with van der Waals surface area (Å²) in [6.45, 7) is 3.40. The van der Waals surface area contributed by atoms with Crippen LogP contribution in [0.3, 0.4) is 0 Å². The standard InChI is InChI=1S/C16H27N3O2/c20-15(13-5-6-13)18-11-7-14(8-12-18)17-16(21)19-9-3-1-2-4-10-19/h13-14H,1-12H2,(H,17,21). The average Bonchev–Trinajstić information content (AvgIpc) is 3.34. The fraction of sp³-hybridized carbons (Fsp3) is 0.875. The Morgan fingerprint density at radius 2 is 1.38 bits per heavy atom. The highest BCUT2D eigenvalue weighted by molar-refractivity contribution is 5.81. The molecule has 0 spiro atoms. The molecule has 2 heterocycles. The van der Waals surface area contributed by atoms with Crippen LogP contribution in [0.4, 0.5) is 4.79 Å². The van der Waals surface area contributed by atoms with Crippen LogP contribution in [0.5, 0.6) is 0 Å². The van der Waals surface area contributed by atoms with Crippen LogP contribution in [0, 0.1) is 5.92 Å². The summed E-state index contributed by atoms with van der Waals surface area (Å²) in [5.41, 5.74) is 0. The summed E-state index contributed by atoms with van der Waals surface area (Å²) in [6, 6.07) is 0.341. The van der Waals surface area contributed by atoms with Crippen LogP contribution in [0.2, 0.25) is 0 Å². The molecular weight excluding hydrogens is 266 g/mol. The minimum absolute atomic E-state index is 0.101. The lowest BCUT2D eigenvalue weighted by atomic mass is 10.0. The number of nitrogens with one attached hydrogen (secondary N) is 1. The van der Waals surface area contributed by atoms with Gasteiger partial charge >= 0.3 is 6.03 Å². The zero-order chi connectivity index (χ0) is 14.7. The zero-order valence-corrected chi connectivity index (χ0v) is 12.9. The smallest absolute Gasteiger partial charge is 0.317 e. The van der Waals surface area contributed by atoms with Crippen molar-refractivity contribution in [3.05, 3.63) is 0 Å². The molecule has 118 valence electrons. The van der Waals surface area contributed by atoms with Crippen LogP contribution in [-0.2, 0) is 4.79 Å². The van der Waals surface area contributed by atoms with Crippen molar-refractivity contribution in [1.82, 2.24) is 15.1 Å². The highest BCUT2D eigenvalue weighted by atomic mass is 16.2. The molecule has 0 radical (unpaired) electrons. The molecule has 1 saturated carbocycles. The van der Waals surface area contributed by atoms with E-state index in [1.165, 1.54) is 12.8 Å². The summed E-state index contributed by atoms with van der Waals surface area (Å²) in [7, 11) is 0. The third kappa shape index (κ3) is 3.89. The van der Waals surface area contributed by atoms with Gasteiger partial charge in [0.05, 0.1) is 0 Å². The van der Waals surface area contributed by atoms with Gasteiger partial charge in [0, 0.05) is 38.1 Å². The number of likely N-dealkylation sites (tertiary alicyclic amines) is 2. The number of urea groups is 1. The summed E-state index contributed by atoms with van der Waals surface area (Å²) in [5, 5.41) is 3.17. The van der Waals surface area contributed by atoms with Gasteiger partial charge in [0.25, 0.3) is 0 Å². The van der Waals surface area contributed by atoms with Crippen molar-refractivity contribution in [3.63, 3.8) is 0 Å². The van der Waals surface area contributed by atoms with E-state index in [1.807, 2.05) is 9.80 Å². The maximum absolute atomic E-state index is 12.3. The van der Waals surface area contributed by atoms with Gasteiger partial charge in [-0.1, -0.05) is 12.8 Å². The Bertz CT molecular complexity index is 379. The van der Waals surface area contributed by atoms with Gasteiger partial charge < -0.3 is 15.1 Å². The molecular formula is C16H27N3O2. The number of hydrogen-bond donors (Lipinski definition) is 1. The Balaban J connectivity index is 1.41. The molecule has 3 rings (SSSR count). The first kappa shape index (κ1) is 14.7. The molecule has 1 aliphatic carbocycles. The lowest BCUT2D eigenvalue weighted by Gasteiger charge is -2.33. The summed E-state index contributed by atoms with van der Waals surface area (Å²) >= 11 is 0. The molecule has 5 nitrogen and oxygen atoms in total. The average molecular weight is 293 g/mol. The maximum atomic E-state index is 12.3. The van der Waals surface area contributed by atoms with E-state index in [2.05, 4.69) is 5.32 Å². The zero-order valence-electron chi connectivity index (χ0n) is 12.9. The van der Waals surface area contributed by atoms with Crippen LogP contribution < -0.4 is 5.32 Å².